The van der Waals surface area contributed by atoms with Gasteiger partial charge in [-0.05, 0) is 71.4 Å². The molecule has 16 nitrogen and oxygen atoms in total. The number of amides is 3. The van der Waals surface area contributed by atoms with Gasteiger partial charge in [0.25, 0.3) is 5.91 Å². The molecule has 0 fully saturated rings. The molecule has 0 bridgehead atoms. The van der Waals surface area contributed by atoms with E-state index >= 15 is 0 Å². The highest BCUT2D eigenvalue weighted by Crippen LogP contribution is 2.31. The van der Waals surface area contributed by atoms with Gasteiger partial charge in [0.2, 0.25) is 17.8 Å². The zero-order valence-electron chi connectivity index (χ0n) is 30.5. The molecule has 3 amide bonds. The Morgan fingerprint density at radius 2 is 1.60 bits per heavy atom. The van der Waals surface area contributed by atoms with Crippen LogP contribution in [0, 0.1) is 6.92 Å². The van der Waals surface area contributed by atoms with Crippen molar-refractivity contribution in [3.05, 3.63) is 69.8 Å². The summed E-state index contributed by atoms with van der Waals surface area (Å²) in [6.07, 6.45) is 4.23. The number of hydrogen-bond acceptors (Lipinski definition) is 11. The molecule has 0 radical (unpaired) electrons. The third-order valence-electron chi connectivity index (χ3n) is 7.93. The molecule has 3 heterocycles. The lowest BCUT2D eigenvalue weighted by molar-refractivity contribution is -0.155. The summed E-state index contributed by atoms with van der Waals surface area (Å²) in [5.41, 5.74) is 20.0. The Morgan fingerprint density at radius 3 is 2.25 bits per heavy atom. The molecule has 0 aliphatic carbocycles. The van der Waals surface area contributed by atoms with Gasteiger partial charge in [-0.3, -0.25) is 23.9 Å². The zero-order chi connectivity index (χ0) is 38.6. The molecule has 0 unspecified atom stereocenters. The van der Waals surface area contributed by atoms with Crippen LogP contribution in [0.2, 0.25) is 0 Å². The number of ether oxygens (including phenoxy) is 3. The van der Waals surface area contributed by atoms with Gasteiger partial charge < -0.3 is 40.5 Å². The number of nitrogen functional groups attached to an aromatic ring is 1. The van der Waals surface area contributed by atoms with Gasteiger partial charge in [-0.1, -0.05) is 23.5 Å². The maximum Gasteiger partial charge on any atom is 0.306 e. The fourth-order valence-corrected chi connectivity index (χ4v) is 6.76. The van der Waals surface area contributed by atoms with Crippen molar-refractivity contribution in [3.8, 4) is 11.5 Å². The van der Waals surface area contributed by atoms with Crippen molar-refractivity contribution in [3.63, 3.8) is 0 Å². The molecule has 5 aromatic rings. The van der Waals surface area contributed by atoms with Crippen LogP contribution in [0.4, 0.5) is 5.95 Å². The van der Waals surface area contributed by atoms with Gasteiger partial charge in [-0.15, -0.1) is 0 Å². The lowest BCUT2D eigenvalue weighted by Gasteiger charge is -2.19. The normalized spacial score (nSPS) is 12.2. The number of rotatable bonds is 14. The van der Waals surface area contributed by atoms with Crippen molar-refractivity contribution in [2.75, 3.05) is 19.5 Å². The number of methoxy groups -OCH3 is 1. The molecule has 5 rings (SSSR count). The van der Waals surface area contributed by atoms with Crippen molar-refractivity contribution in [1.82, 2.24) is 23.9 Å². The van der Waals surface area contributed by atoms with E-state index in [4.69, 9.17) is 31.4 Å². The number of allylic oxidation sites excluding steroid dienone is 2. The molecule has 0 aliphatic heterocycles. The molecule has 3 aromatic heterocycles. The Balaban J connectivity index is 1.47. The molecule has 17 heteroatoms. The molecule has 0 aliphatic rings. The number of carbonyl (C=O) groups excluding carboxylic acids is 4. The second-order valence-corrected chi connectivity index (χ2v) is 14.1. The van der Waals surface area contributed by atoms with E-state index in [1.165, 1.54) is 24.5 Å². The largest absolute Gasteiger partial charge is 0.494 e. The fraction of sp³-hybridized carbons (Fsp3) is 0.361. The van der Waals surface area contributed by atoms with Crippen molar-refractivity contribution >= 4 is 62.2 Å². The van der Waals surface area contributed by atoms with Gasteiger partial charge in [0.1, 0.15) is 33.8 Å². The average Bonchev–Trinajstić information content (AvgIpc) is 3.74. The minimum absolute atomic E-state index is 0.144. The predicted octanol–water partition coefficient (Wildman–Crippen LogP) is 3.86. The van der Waals surface area contributed by atoms with E-state index in [9.17, 15) is 19.2 Å². The van der Waals surface area contributed by atoms with E-state index in [-0.39, 0.29) is 49.2 Å². The predicted molar refractivity (Wildman–Crippen MR) is 200 cm³/mol. The van der Waals surface area contributed by atoms with E-state index < -0.39 is 23.3 Å². The maximum atomic E-state index is 13.4. The number of carbonyl (C=O) groups is 4. The number of esters is 1. The quantitative estimate of drug-likeness (QED) is 0.0845. The van der Waals surface area contributed by atoms with Crippen molar-refractivity contribution in [1.29, 1.82) is 0 Å². The van der Waals surface area contributed by atoms with Crippen LogP contribution >= 0.6 is 11.3 Å². The summed E-state index contributed by atoms with van der Waals surface area (Å²) in [4.78, 5) is 59.2. The minimum Gasteiger partial charge on any atom is -0.494 e. The van der Waals surface area contributed by atoms with Gasteiger partial charge in [-0.2, -0.15) is 10.1 Å². The first-order chi connectivity index (χ1) is 25.1. The first kappa shape index (κ1) is 38.3. The second-order valence-electron chi connectivity index (χ2n) is 13.1. The smallest absolute Gasteiger partial charge is 0.306 e. The Hall–Kier alpha value is -5.97. The highest BCUT2D eigenvalue weighted by Gasteiger charge is 2.20. The van der Waals surface area contributed by atoms with Gasteiger partial charge in [-0.25, -0.2) is 4.98 Å². The number of imidazole rings is 1. The average molecular weight is 746 g/mol. The number of hydrogen-bond donors (Lipinski definition) is 3. The van der Waals surface area contributed by atoms with Crippen LogP contribution in [0.25, 0.3) is 21.3 Å². The third kappa shape index (κ3) is 8.74. The summed E-state index contributed by atoms with van der Waals surface area (Å²) in [5.74, 6) is -1.23. The van der Waals surface area contributed by atoms with Gasteiger partial charge >= 0.3 is 5.97 Å². The summed E-state index contributed by atoms with van der Waals surface area (Å²) >= 11 is 1.21. The van der Waals surface area contributed by atoms with E-state index in [2.05, 4.69) is 15.1 Å². The standard InChI is InChI=1S/C36H43N9O7S/c1-7-45-24(15-20(2)42-45)33(49)41-35-44(30-25(50-6)17-22(32(38)48)19-27(30)53-35)13-9-8-12-43-29-23(40-34(43)39)16-21(31(37)47)18-26(29)51-14-10-11-28(46)52-36(3,4)5/h8-9,15-19H,7,10-14H2,1-6H3,(H2,37,47)(H2,38,48)(H2,39,40)/b9-8+,41-35?. The number of aryl methyl sites for hydroxylation is 2. The van der Waals surface area contributed by atoms with Crippen LogP contribution in [-0.4, -0.2) is 66.9 Å². The third-order valence-corrected chi connectivity index (χ3v) is 8.96. The topological polar surface area (TPSA) is 227 Å². The summed E-state index contributed by atoms with van der Waals surface area (Å²) < 4.78 is 22.9. The first-order valence-corrected chi connectivity index (χ1v) is 17.7. The zero-order valence-corrected chi connectivity index (χ0v) is 31.3. The number of fused-ring (bicyclic) bond motifs is 2. The molecule has 280 valence electrons. The molecular weight excluding hydrogens is 703 g/mol. The van der Waals surface area contributed by atoms with E-state index in [0.29, 0.717) is 61.9 Å². The maximum absolute atomic E-state index is 13.4. The molecule has 0 spiro atoms. The Labute approximate surface area is 308 Å². The van der Waals surface area contributed by atoms with Gasteiger partial charge in [0.05, 0.1) is 29.6 Å². The van der Waals surface area contributed by atoms with Gasteiger partial charge in [0.15, 0.2) is 4.80 Å². The van der Waals surface area contributed by atoms with Crippen LogP contribution in [0.3, 0.4) is 0 Å². The Bertz CT molecular complexity index is 2320. The summed E-state index contributed by atoms with van der Waals surface area (Å²) in [7, 11) is 1.48. The molecule has 0 saturated heterocycles. The lowest BCUT2D eigenvalue weighted by Crippen LogP contribution is -2.24. The monoisotopic (exact) mass is 745 g/mol. The Morgan fingerprint density at radius 1 is 0.943 bits per heavy atom. The second kappa shape index (κ2) is 15.7. The van der Waals surface area contributed by atoms with Crippen LogP contribution < -0.4 is 31.5 Å². The van der Waals surface area contributed by atoms with Crippen molar-refractivity contribution < 1.29 is 33.4 Å². The summed E-state index contributed by atoms with van der Waals surface area (Å²) in [6.45, 7) is 10.2. The molecular formula is C36H43N9O7S. The SMILES string of the molecule is CCn1nc(C)cc1C(=O)N=c1sc2cc(C(N)=O)cc(OC)c2n1C/C=C/Cn1c(N)nc2cc(C(N)=O)cc(OCCCC(=O)OC(C)(C)C)c21. The van der Waals surface area contributed by atoms with E-state index in [1.54, 1.807) is 61.2 Å². The Kier molecular flexibility index (Phi) is 11.4. The molecule has 53 heavy (non-hydrogen) atoms. The number of nitrogens with two attached hydrogens (primary N) is 3. The van der Waals surface area contributed by atoms with Crippen LogP contribution in [0.5, 0.6) is 11.5 Å². The number of benzene rings is 2. The van der Waals surface area contributed by atoms with Crippen LogP contribution in [-0.2, 0) is 29.2 Å². The lowest BCUT2D eigenvalue weighted by atomic mass is 10.1. The summed E-state index contributed by atoms with van der Waals surface area (Å²) in [6, 6.07) is 7.94. The molecule has 2 aromatic carbocycles. The number of anilines is 1. The number of thiazole rings is 1. The number of aromatic nitrogens is 5. The molecule has 0 saturated carbocycles. The highest BCUT2D eigenvalue weighted by atomic mass is 32.1. The van der Waals surface area contributed by atoms with E-state index in [1.807, 2.05) is 23.6 Å². The van der Waals surface area contributed by atoms with Gasteiger partial charge in [0, 0.05) is 37.2 Å². The molecule has 6 N–H and O–H groups in total. The van der Waals surface area contributed by atoms with E-state index in [0.717, 1.165) is 0 Å². The highest BCUT2D eigenvalue weighted by molar-refractivity contribution is 7.16. The fourth-order valence-electron chi connectivity index (χ4n) is 5.66. The van der Waals surface area contributed by atoms with Crippen molar-refractivity contribution in [2.24, 2.45) is 16.5 Å². The molecule has 0 atom stereocenters. The summed E-state index contributed by atoms with van der Waals surface area (Å²) in [5, 5.41) is 4.37. The minimum atomic E-state index is -0.661. The first-order valence-electron chi connectivity index (χ1n) is 16.8. The van der Waals surface area contributed by atoms with Crippen LogP contribution in [0.1, 0.15) is 77.4 Å². The number of primary amides is 2. The van der Waals surface area contributed by atoms with Crippen molar-refractivity contribution in [2.45, 2.75) is 72.7 Å². The van der Waals surface area contributed by atoms with Crippen LogP contribution in [0.15, 0.2) is 47.5 Å². The number of nitrogens with zero attached hydrogens (tertiary/aromatic N) is 6.